The predicted molar refractivity (Wildman–Crippen MR) is 105 cm³/mol. The van der Waals surface area contributed by atoms with E-state index in [0.717, 1.165) is 5.56 Å². The van der Waals surface area contributed by atoms with Gasteiger partial charge in [0.1, 0.15) is 23.2 Å². The first-order valence-electron chi connectivity index (χ1n) is 8.39. The standard InChI is InChI=1S/C22H16N2O4/c1-14-5-7-18(8-6-14)24-21(25)17(13-23)12-19-9-10-20(28-19)15-3-2-4-16(11-15)22(26)27/h2-12H,1H3,(H,24,25)(H,26,27)/b17-12+. The highest BCUT2D eigenvalue weighted by atomic mass is 16.4. The van der Waals surface area contributed by atoms with Crippen molar-refractivity contribution < 1.29 is 19.1 Å². The maximum atomic E-state index is 12.3. The largest absolute Gasteiger partial charge is 0.478 e. The van der Waals surface area contributed by atoms with Crippen LogP contribution in [0.2, 0.25) is 0 Å². The van der Waals surface area contributed by atoms with Crippen LogP contribution in [0.5, 0.6) is 0 Å². The van der Waals surface area contributed by atoms with E-state index in [1.807, 2.05) is 25.1 Å². The van der Waals surface area contributed by atoms with Gasteiger partial charge in [-0.25, -0.2) is 4.79 Å². The monoisotopic (exact) mass is 372 g/mol. The van der Waals surface area contributed by atoms with Gasteiger partial charge in [-0.1, -0.05) is 29.8 Å². The molecule has 3 aromatic rings. The van der Waals surface area contributed by atoms with E-state index in [0.29, 0.717) is 22.8 Å². The summed E-state index contributed by atoms with van der Waals surface area (Å²) in [5.41, 5.74) is 2.26. The molecule has 6 heteroatoms. The summed E-state index contributed by atoms with van der Waals surface area (Å²) in [6.07, 6.45) is 1.34. The van der Waals surface area contributed by atoms with Gasteiger partial charge in [0.05, 0.1) is 5.56 Å². The van der Waals surface area contributed by atoms with E-state index in [1.165, 1.54) is 18.2 Å². The summed E-state index contributed by atoms with van der Waals surface area (Å²) in [4.78, 5) is 23.4. The molecule has 138 valence electrons. The topological polar surface area (TPSA) is 103 Å². The van der Waals surface area contributed by atoms with Crippen LogP contribution >= 0.6 is 0 Å². The molecule has 0 fully saturated rings. The highest BCUT2D eigenvalue weighted by Crippen LogP contribution is 2.24. The number of carbonyl (C=O) groups excluding carboxylic acids is 1. The van der Waals surface area contributed by atoms with Crippen molar-refractivity contribution in [2.75, 3.05) is 5.32 Å². The van der Waals surface area contributed by atoms with Crippen LogP contribution in [0.4, 0.5) is 5.69 Å². The van der Waals surface area contributed by atoms with Crippen LogP contribution in [-0.4, -0.2) is 17.0 Å². The molecule has 0 aliphatic rings. The number of nitriles is 1. The van der Waals surface area contributed by atoms with E-state index in [1.54, 1.807) is 36.4 Å². The van der Waals surface area contributed by atoms with Gasteiger partial charge in [-0.15, -0.1) is 0 Å². The summed E-state index contributed by atoms with van der Waals surface area (Å²) in [5, 5.41) is 21.1. The highest BCUT2D eigenvalue weighted by molar-refractivity contribution is 6.09. The van der Waals surface area contributed by atoms with Crippen molar-refractivity contribution in [2.24, 2.45) is 0 Å². The number of aromatic carboxylic acids is 1. The second-order valence-corrected chi connectivity index (χ2v) is 6.08. The van der Waals surface area contributed by atoms with Crippen molar-refractivity contribution in [1.82, 2.24) is 0 Å². The van der Waals surface area contributed by atoms with Gasteiger partial charge in [-0.2, -0.15) is 5.26 Å². The molecule has 0 unspecified atom stereocenters. The number of amides is 1. The molecule has 0 saturated carbocycles. The number of nitrogens with zero attached hydrogens (tertiary/aromatic N) is 1. The molecule has 0 spiro atoms. The predicted octanol–water partition coefficient (Wildman–Crippen LogP) is 4.50. The van der Waals surface area contributed by atoms with E-state index < -0.39 is 11.9 Å². The zero-order valence-corrected chi connectivity index (χ0v) is 15.0. The van der Waals surface area contributed by atoms with Gasteiger partial charge in [0, 0.05) is 17.3 Å². The molecule has 0 radical (unpaired) electrons. The number of carbonyl (C=O) groups is 2. The Labute approximate surface area is 161 Å². The summed E-state index contributed by atoms with van der Waals surface area (Å²) in [7, 11) is 0. The molecule has 0 aliphatic carbocycles. The number of aryl methyl sites for hydroxylation is 1. The number of carboxylic acids is 1. The van der Waals surface area contributed by atoms with E-state index in [9.17, 15) is 14.9 Å². The van der Waals surface area contributed by atoms with Crippen molar-refractivity contribution in [3.8, 4) is 17.4 Å². The molecule has 6 nitrogen and oxygen atoms in total. The minimum absolute atomic E-state index is 0.110. The molecule has 3 rings (SSSR count). The van der Waals surface area contributed by atoms with Crippen LogP contribution < -0.4 is 5.32 Å². The fourth-order valence-electron chi connectivity index (χ4n) is 2.52. The van der Waals surface area contributed by atoms with Gasteiger partial charge in [0.15, 0.2) is 0 Å². The lowest BCUT2D eigenvalue weighted by Crippen LogP contribution is -2.13. The smallest absolute Gasteiger partial charge is 0.335 e. The van der Waals surface area contributed by atoms with Gasteiger partial charge in [0.25, 0.3) is 5.91 Å². The van der Waals surface area contributed by atoms with Crippen molar-refractivity contribution in [3.63, 3.8) is 0 Å². The molecule has 2 aromatic carbocycles. The zero-order chi connectivity index (χ0) is 20.1. The zero-order valence-electron chi connectivity index (χ0n) is 15.0. The van der Waals surface area contributed by atoms with Gasteiger partial charge in [-0.05, 0) is 43.3 Å². The SMILES string of the molecule is Cc1ccc(NC(=O)/C(C#N)=C/c2ccc(-c3cccc(C(=O)O)c3)o2)cc1. The Balaban J connectivity index is 1.81. The van der Waals surface area contributed by atoms with Crippen molar-refractivity contribution >= 4 is 23.6 Å². The van der Waals surface area contributed by atoms with E-state index in [2.05, 4.69) is 5.32 Å². The Morgan fingerprint density at radius 3 is 2.54 bits per heavy atom. The number of furan rings is 1. The average Bonchev–Trinajstić information content (AvgIpc) is 3.16. The molecule has 1 heterocycles. The van der Waals surface area contributed by atoms with Gasteiger partial charge >= 0.3 is 5.97 Å². The Morgan fingerprint density at radius 1 is 1.11 bits per heavy atom. The summed E-state index contributed by atoms with van der Waals surface area (Å²) in [5.74, 6) is -0.831. The van der Waals surface area contributed by atoms with Crippen molar-refractivity contribution in [3.05, 3.63) is 83.1 Å². The fraction of sp³-hybridized carbons (Fsp3) is 0.0455. The van der Waals surface area contributed by atoms with Crippen LogP contribution in [0.15, 0.2) is 70.7 Å². The van der Waals surface area contributed by atoms with Crippen LogP contribution in [0, 0.1) is 18.3 Å². The maximum absolute atomic E-state index is 12.3. The number of hydrogen-bond acceptors (Lipinski definition) is 4. The third-order valence-electron chi connectivity index (χ3n) is 3.98. The first-order chi connectivity index (χ1) is 13.5. The highest BCUT2D eigenvalue weighted by Gasteiger charge is 2.12. The minimum Gasteiger partial charge on any atom is -0.478 e. The molecule has 0 aliphatic heterocycles. The summed E-state index contributed by atoms with van der Waals surface area (Å²) < 4.78 is 5.65. The third kappa shape index (κ3) is 4.34. The van der Waals surface area contributed by atoms with E-state index >= 15 is 0 Å². The molecule has 0 bridgehead atoms. The fourth-order valence-corrected chi connectivity index (χ4v) is 2.52. The average molecular weight is 372 g/mol. The second kappa shape index (κ2) is 8.06. The number of anilines is 1. The molecular weight excluding hydrogens is 356 g/mol. The van der Waals surface area contributed by atoms with Crippen LogP contribution in [0.1, 0.15) is 21.7 Å². The van der Waals surface area contributed by atoms with Crippen molar-refractivity contribution in [2.45, 2.75) is 6.92 Å². The molecule has 0 saturated heterocycles. The van der Waals surface area contributed by atoms with Gasteiger partial charge in [-0.3, -0.25) is 4.79 Å². The van der Waals surface area contributed by atoms with Crippen LogP contribution in [0.3, 0.4) is 0 Å². The Kier molecular flexibility index (Phi) is 5.38. The van der Waals surface area contributed by atoms with E-state index in [-0.39, 0.29) is 11.1 Å². The Hall–Kier alpha value is -4.11. The van der Waals surface area contributed by atoms with Gasteiger partial charge in [0.2, 0.25) is 0 Å². The first kappa shape index (κ1) is 18.7. The molecule has 1 amide bonds. The number of rotatable bonds is 5. The Morgan fingerprint density at radius 2 is 1.86 bits per heavy atom. The molecule has 28 heavy (non-hydrogen) atoms. The van der Waals surface area contributed by atoms with E-state index in [4.69, 9.17) is 9.52 Å². The second-order valence-electron chi connectivity index (χ2n) is 6.08. The van der Waals surface area contributed by atoms with Crippen molar-refractivity contribution in [1.29, 1.82) is 5.26 Å². The number of nitrogens with one attached hydrogen (secondary N) is 1. The molecule has 2 N–H and O–H groups in total. The van der Waals surface area contributed by atoms with Crippen LogP contribution in [-0.2, 0) is 4.79 Å². The summed E-state index contributed by atoms with van der Waals surface area (Å²) in [6.45, 7) is 1.94. The summed E-state index contributed by atoms with van der Waals surface area (Å²) in [6, 6.07) is 18.7. The maximum Gasteiger partial charge on any atom is 0.335 e. The molecule has 1 aromatic heterocycles. The normalized spacial score (nSPS) is 10.9. The number of carboxylic acid groups (broad SMARTS) is 1. The number of hydrogen-bond donors (Lipinski definition) is 2. The lowest BCUT2D eigenvalue weighted by Gasteiger charge is -2.04. The summed E-state index contributed by atoms with van der Waals surface area (Å²) >= 11 is 0. The van der Waals surface area contributed by atoms with Crippen LogP contribution in [0.25, 0.3) is 17.4 Å². The quantitative estimate of drug-likeness (QED) is 0.507. The minimum atomic E-state index is -1.03. The lowest BCUT2D eigenvalue weighted by molar-refractivity contribution is -0.112. The molecule has 0 atom stereocenters. The number of benzene rings is 2. The molecular formula is C22H16N2O4. The Bertz CT molecular complexity index is 1100. The first-order valence-corrected chi connectivity index (χ1v) is 8.39. The van der Waals surface area contributed by atoms with Gasteiger partial charge < -0.3 is 14.8 Å². The third-order valence-corrected chi connectivity index (χ3v) is 3.98. The lowest BCUT2D eigenvalue weighted by atomic mass is 10.1.